The van der Waals surface area contributed by atoms with Crippen LogP contribution < -0.4 is 14.8 Å². The van der Waals surface area contributed by atoms with Crippen LogP contribution >= 0.6 is 0 Å². The number of hydrogen-bond acceptors (Lipinski definition) is 4. The molecule has 6 nitrogen and oxygen atoms in total. The second kappa shape index (κ2) is 10.1. The van der Waals surface area contributed by atoms with Crippen molar-refractivity contribution in [3.8, 4) is 5.75 Å². The molecule has 0 fully saturated rings. The van der Waals surface area contributed by atoms with E-state index in [4.69, 9.17) is 4.74 Å². The lowest BCUT2D eigenvalue weighted by Gasteiger charge is -2.19. The number of carbonyl (C=O) groups excluding carboxylic acids is 1. The normalized spacial score (nSPS) is 12.3. The highest BCUT2D eigenvalue weighted by atomic mass is 32.2. The first-order chi connectivity index (χ1) is 15.6. The van der Waals surface area contributed by atoms with Gasteiger partial charge in [-0.2, -0.15) is 0 Å². The van der Waals surface area contributed by atoms with Gasteiger partial charge in [0.25, 0.3) is 15.9 Å². The number of rotatable bonds is 8. The molecule has 0 aliphatic carbocycles. The molecule has 174 valence electrons. The largest absolute Gasteiger partial charge is 0.481 e. The van der Waals surface area contributed by atoms with Gasteiger partial charge in [0.2, 0.25) is 0 Å². The van der Waals surface area contributed by atoms with Gasteiger partial charge in [-0.3, -0.25) is 9.52 Å². The van der Waals surface area contributed by atoms with Gasteiger partial charge in [0.1, 0.15) is 5.75 Å². The number of carbonyl (C=O) groups is 1. The van der Waals surface area contributed by atoms with E-state index in [1.165, 1.54) is 12.1 Å². The molecule has 3 aromatic carbocycles. The zero-order valence-corrected chi connectivity index (χ0v) is 20.4. The molecule has 1 amide bonds. The first kappa shape index (κ1) is 24.3. The Morgan fingerprint density at radius 2 is 1.58 bits per heavy atom. The number of aryl methyl sites for hydroxylation is 2. The fourth-order valence-corrected chi connectivity index (χ4v) is 4.44. The van der Waals surface area contributed by atoms with Crippen LogP contribution in [-0.4, -0.2) is 20.4 Å². The summed E-state index contributed by atoms with van der Waals surface area (Å²) in [6.07, 6.45) is -0.723. The van der Waals surface area contributed by atoms with Crippen LogP contribution in [0.1, 0.15) is 43.4 Å². The van der Waals surface area contributed by atoms with E-state index in [2.05, 4.69) is 23.9 Å². The number of para-hydroxylation sites is 1. The lowest BCUT2D eigenvalue weighted by Crippen LogP contribution is -2.30. The van der Waals surface area contributed by atoms with E-state index in [1.54, 1.807) is 25.1 Å². The van der Waals surface area contributed by atoms with E-state index < -0.39 is 16.1 Å². The Bertz CT molecular complexity index is 1240. The molecule has 7 heteroatoms. The number of hydrogen-bond donors (Lipinski definition) is 2. The third-order valence-electron chi connectivity index (χ3n) is 5.28. The lowest BCUT2D eigenvalue weighted by atomic mass is 10.0. The van der Waals surface area contributed by atoms with Crippen molar-refractivity contribution in [2.75, 3.05) is 10.0 Å². The predicted molar refractivity (Wildman–Crippen MR) is 132 cm³/mol. The molecule has 0 saturated heterocycles. The molecule has 0 unspecified atom stereocenters. The minimum absolute atomic E-state index is 0.108. The van der Waals surface area contributed by atoms with Crippen molar-refractivity contribution in [3.05, 3.63) is 83.4 Å². The van der Waals surface area contributed by atoms with E-state index >= 15 is 0 Å². The number of nitrogens with one attached hydrogen (secondary N) is 2. The van der Waals surface area contributed by atoms with Gasteiger partial charge in [-0.05, 0) is 79.8 Å². The number of amides is 1. The van der Waals surface area contributed by atoms with Crippen LogP contribution in [0.5, 0.6) is 5.75 Å². The topological polar surface area (TPSA) is 84.5 Å². The molecule has 1 atom stereocenters. The summed E-state index contributed by atoms with van der Waals surface area (Å²) in [6.45, 7) is 9.56. The van der Waals surface area contributed by atoms with Crippen LogP contribution in [0, 0.1) is 13.8 Å². The third-order valence-corrected chi connectivity index (χ3v) is 6.66. The lowest BCUT2D eigenvalue weighted by molar-refractivity contribution is -0.122. The summed E-state index contributed by atoms with van der Waals surface area (Å²) in [4.78, 5) is 12.7. The van der Waals surface area contributed by atoms with E-state index in [9.17, 15) is 13.2 Å². The van der Waals surface area contributed by atoms with Crippen molar-refractivity contribution in [1.82, 2.24) is 0 Å². The molecular weight excluding hydrogens is 436 g/mol. The van der Waals surface area contributed by atoms with Crippen molar-refractivity contribution in [3.63, 3.8) is 0 Å². The molecular formula is C26H30N2O4S. The van der Waals surface area contributed by atoms with Gasteiger partial charge in [0, 0.05) is 5.69 Å². The summed E-state index contributed by atoms with van der Waals surface area (Å²) in [5.74, 6) is 0.620. The van der Waals surface area contributed by atoms with Gasteiger partial charge in [-0.15, -0.1) is 0 Å². The molecule has 0 aliphatic heterocycles. The second-order valence-corrected chi connectivity index (χ2v) is 10.1. The van der Waals surface area contributed by atoms with Crippen molar-refractivity contribution in [2.24, 2.45) is 0 Å². The molecule has 0 saturated carbocycles. The van der Waals surface area contributed by atoms with Crippen molar-refractivity contribution in [2.45, 2.75) is 51.5 Å². The average Bonchev–Trinajstić information content (AvgIpc) is 2.76. The zero-order valence-electron chi connectivity index (χ0n) is 19.5. The molecule has 0 aliphatic rings. The van der Waals surface area contributed by atoms with Gasteiger partial charge in [-0.1, -0.05) is 44.2 Å². The highest BCUT2D eigenvalue weighted by Crippen LogP contribution is 2.27. The summed E-state index contributed by atoms with van der Waals surface area (Å²) in [5, 5.41) is 2.78. The number of benzene rings is 3. The quantitative estimate of drug-likeness (QED) is 0.450. The van der Waals surface area contributed by atoms with E-state index in [-0.39, 0.29) is 16.7 Å². The molecule has 33 heavy (non-hydrogen) atoms. The minimum atomic E-state index is -3.76. The fraction of sp³-hybridized carbons (Fsp3) is 0.269. The van der Waals surface area contributed by atoms with Crippen LogP contribution in [0.3, 0.4) is 0 Å². The highest BCUT2D eigenvalue weighted by Gasteiger charge is 2.19. The summed E-state index contributed by atoms with van der Waals surface area (Å²) in [7, 11) is -3.76. The molecule has 2 N–H and O–H groups in total. The molecule has 3 rings (SSSR count). The molecule has 0 heterocycles. The van der Waals surface area contributed by atoms with Gasteiger partial charge < -0.3 is 10.1 Å². The van der Waals surface area contributed by atoms with Crippen molar-refractivity contribution in [1.29, 1.82) is 0 Å². The predicted octanol–water partition coefficient (Wildman–Crippen LogP) is 5.63. The standard InChI is InChI=1S/C26H30N2O4S/c1-17(2)23-8-6-7-9-25(23)32-20(5)26(29)27-21-12-14-22(15-13-21)33(30,31)28-24-16-18(3)10-11-19(24)4/h6-17,20,28H,1-5H3,(H,27,29)/t20-/m0/s1. The van der Waals surface area contributed by atoms with Gasteiger partial charge in [-0.25, -0.2) is 8.42 Å². The Balaban J connectivity index is 1.67. The van der Waals surface area contributed by atoms with E-state index in [0.717, 1.165) is 16.7 Å². The molecule has 0 spiro atoms. The van der Waals surface area contributed by atoms with Crippen LogP contribution in [0.15, 0.2) is 71.6 Å². The Labute approximate surface area is 196 Å². The number of anilines is 2. The van der Waals surface area contributed by atoms with Gasteiger partial charge >= 0.3 is 0 Å². The first-order valence-electron chi connectivity index (χ1n) is 10.8. The fourth-order valence-electron chi connectivity index (χ4n) is 3.32. The van der Waals surface area contributed by atoms with Crippen LogP contribution in [0.4, 0.5) is 11.4 Å². The van der Waals surface area contributed by atoms with Gasteiger partial charge in [0.05, 0.1) is 10.6 Å². The van der Waals surface area contributed by atoms with Crippen LogP contribution in [-0.2, 0) is 14.8 Å². The first-order valence-corrected chi connectivity index (χ1v) is 12.3. The highest BCUT2D eigenvalue weighted by molar-refractivity contribution is 7.92. The molecule has 3 aromatic rings. The number of sulfonamides is 1. The third kappa shape index (κ3) is 6.14. The van der Waals surface area contributed by atoms with E-state index in [0.29, 0.717) is 17.1 Å². The summed E-state index contributed by atoms with van der Waals surface area (Å²) < 4.78 is 34.1. The Kier molecular flexibility index (Phi) is 7.43. The van der Waals surface area contributed by atoms with Crippen LogP contribution in [0.25, 0.3) is 0 Å². The molecule has 0 radical (unpaired) electrons. The minimum Gasteiger partial charge on any atom is -0.481 e. The Morgan fingerprint density at radius 1 is 0.909 bits per heavy atom. The number of ether oxygens (including phenoxy) is 1. The Morgan fingerprint density at radius 3 is 2.24 bits per heavy atom. The van der Waals surface area contributed by atoms with E-state index in [1.807, 2.05) is 50.2 Å². The summed E-state index contributed by atoms with van der Waals surface area (Å²) in [6, 6.07) is 19.3. The SMILES string of the molecule is Cc1ccc(C)c(NS(=O)(=O)c2ccc(NC(=O)[C@H](C)Oc3ccccc3C(C)C)cc2)c1. The Hall–Kier alpha value is -3.32. The molecule has 0 bridgehead atoms. The van der Waals surface area contributed by atoms with Crippen LogP contribution in [0.2, 0.25) is 0 Å². The molecule has 0 aromatic heterocycles. The monoisotopic (exact) mass is 466 g/mol. The zero-order chi connectivity index (χ0) is 24.2. The average molecular weight is 467 g/mol. The van der Waals surface area contributed by atoms with Crippen molar-refractivity contribution < 1.29 is 17.9 Å². The van der Waals surface area contributed by atoms with Crippen molar-refractivity contribution >= 4 is 27.3 Å². The summed E-state index contributed by atoms with van der Waals surface area (Å²) >= 11 is 0. The summed E-state index contributed by atoms with van der Waals surface area (Å²) in [5.41, 5.74) is 3.85. The smallest absolute Gasteiger partial charge is 0.265 e. The maximum absolute atomic E-state index is 12.8. The second-order valence-electron chi connectivity index (χ2n) is 8.39. The van der Waals surface area contributed by atoms with Gasteiger partial charge in [0.15, 0.2) is 6.10 Å². The maximum Gasteiger partial charge on any atom is 0.265 e. The maximum atomic E-state index is 12.8.